The minimum Gasteiger partial charge on any atom is -0.469 e. The maximum atomic E-state index is 11.9. The van der Waals surface area contributed by atoms with Crippen LogP contribution in [0, 0.1) is 13.8 Å². The number of nitrogens with one attached hydrogen (secondary N) is 1. The first-order chi connectivity index (χ1) is 7.18. The number of hydrogen-bond acceptors (Lipinski definition) is 2. The van der Waals surface area contributed by atoms with Crippen molar-refractivity contribution in [2.75, 3.05) is 0 Å². The van der Waals surface area contributed by atoms with E-state index in [9.17, 15) is 4.79 Å². The second-order valence-electron chi connectivity index (χ2n) is 4.30. The third-order valence-corrected chi connectivity index (χ3v) is 3.08. The molecule has 3 nitrogen and oxygen atoms in total. The molecule has 0 saturated heterocycles. The van der Waals surface area contributed by atoms with E-state index in [0.29, 0.717) is 17.4 Å². The van der Waals surface area contributed by atoms with Crippen LogP contribution in [0.3, 0.4) is 0 Å². The predicted octanol–water partition coefficient (Wildman–Crippen LogP) is 2.57. The summed E-state index contributed by atoms with van der Waals surface area (Å²) in [6.45, 7) is 3.73. The van der Waals surface area contributed by atoms with Gasteiger partial charge in [0.05, 0.1) is 11.8 Å². The van der Waals surface area contributed by atoms with Gasteiger partial charge in [-0.3, -0.25) is 4.79 Å². The molecule has 1 aromatic heterocycles. The summed E-state index contributed by atoms with van der Waals surface area (Å²) in [4.78, 5) is 11.9. The van der Waals surface area contributed by atoms with Crippen molar-refractivity contribution in [2.24, 2.45) is 0 Å². The maximum Gasteiger partial charge on any atom is 0.255 e. The molecule has 0 atom stereocenters. The summed E-state index contributed by atoms with van der Waals surface area (Å²) in [7, 11) is 0. The second-order valence-corrected chi connectivity index (χ2v) is 4.30. The largest absolute Gasteiger partial charge is 0.469 e. The fourth-order valence-electron chi connectivity index (χ4n) is 2.24. The van der Waals surface area contributed by atoms with Gasteiger partial charge in [0.25, 0.3) is 5.91 Å². The van der Waals surface area contributed by atoms with Crippen molar-refractivity contribution in [1.82, 2.24) is 5.32 Å². The number of carbonyl (C=O) groups is 1. The second kappa shape index (κ2) is 4.09. The zero-order chi connectivity index (χ0) is 10.8. The van der Waals surface area contributed by atoms with E-state index >= 15 is 0 Å². The van der Waals surface area contributed by atoms with Crippen molar-refractivity contribution < 1.29 is 9.21 Å². The quantitative estimate of drug-likeness (QED) is 0.809. The number of aryl methyl sites for hydroxylation is 2. The highest BCUT2D eigenvalue weighted by atomic mass is 16.3. The van der Waals surface area contributed by atoms with Gasteiger partial charge in [0, 0.05) is 11.6 Å². The highest BCUT2D eigenvalue weighted by Crippen LogP contribution is 2.20. The smallest absolute Gasteiger partial charge is 0.255 e. The van der Waals surface area contributed by atoms with E-state index in [4.69, 9.17) is 4.42 Å². The Kier molecular flexibility index (Phi) is 2.80. The van der Waals surface area contributed by atoms with Crippen LogP contribution < -0.4 is 5.32 Å². The Bertz CT molecular complexity index is 342. The van der Waals surface area contributed by atoms with Crippen LogP contribution in [0.5, 0.6) is 0 Å². The van der Waals surface area contributed by atoms with Crippen molar-refractivity contribution in [2.45, 2.75) is 45.6 Å². The zero-order valence-electron chi connectivity index (χ0n) is 9.30. The Morgan fingerprint density at radius 1 is 1.40 bits per heavy atom. The Balaban J connectivity index is 2.07. The molecule has 1 fully saturated rings. The average Bonchev–Trinajstić information content (AvgIpc) is 2.77. The molecule has 82 valence electrons. The molecule has 1 N–H and O–H groups in total. The molecule has 1 saturated carbocycles. The van der Waals surface area contributed by atoms with E-state index in [1.165, 1.54) is 12.8 Å². The number of hydrogen-bond donors (Lipinski definition) is 1. The highest BCUT2D eigenvalue weighted by molar-refractivity contribution is 5.96. The fourth-order valence-corrected chi connectivity index (χ4v) is 2.24. The predicted molar refractivity (Wildman–Crippen MR) is 57.9 cm³/mol. The van der Waals surface area contributed by atoms with Gasteiger partial charge in [-0.1, -0.05) is 12.8 Å². The fraction of sp³-hybridized carbons (Fsp3) is 0.583. The van der Waals surface area contributed by atoms with Gasteiger partial charge in [-0.15, -0.1) is 0 Å². The molecular weight excluding hydrogens is 190 g/mol. The third-order valence-electron chi connectivity index (χ3n) is 3.08. The molecule has 1 aromatic rings. The summed E-state index contributed by atoms with van der Waals surface area (Å²) in [5.41, 5.74) is 1.63. The van der Waals surface area contributed by atoms with Gasteiger partial charge >= 0.3 is 0 Å². The van der Waals surface area contributed by atoms with Crippen LogP contribution >= 0.6 is 0 Å². The molecular formula is C12H17NO2. The molecule has 0 radical (unpaired) electrons. The summed E-state index contributed by atoms with van der Waals surface area (Å²) in [5, 5.41) is 3.06. The molecule has 0 spiro atoms. The van der Waals surface area contributed by atoms with Crippen molar-refractivity contribution in [3.63, 3.8) is 0 Å². The van der Waals surface area contributed by atoms with Gasteiger partial charge in [0.1, 0.15) is 5.76 Å². The Morgan fingerprint density at radius 2 is 2.07 bits per heavy atom. The lowest BCUT2D eigenvalue weighted by atomic mass is 10.1. The van der Waals surface area contributed by atoms with Gasteiger partial charge in [-0.25, -0.2) is 0 Å². The Labute approximate surface area is 89.9 Å². The summed E-state index contributed by atoms with van der Waals surface area (Å²) >= 11 is 0. The first-order valence-corrected chi connectivity index (χ1v) is 5.54. The van der Waals surface area contributed by atoms with Crippen LogP contribution in [0.1, 0.15) is 47.4 Å². The van der Waals surface area contributed by atoms with Crippen molar-refractivity contribution in [3.8, 4) is 0 Å². The monoisotopic (exact) mass is 207 g/mol. The van der Waals surface area contributed by atoms with Gasteiger partial charge in [0.2, 0.25) is 0 Å². The van der Waals surface area contributed by atoms with Crippen LogP contribution in [0.25, 0.3) is 0 Å². The molecule has 1 aliphatic rings. The third kappa shape index (κ3) is 2.06. The number of amides is 1. The van der Waals surface area contributed by atoms with Crippen LogP contribution in [0.15, 0.2) is 10.7 Å². The lowest BCUT2D eigenvalue weighted by Crippen LogP contribution is -2.33. The summed E-state index contributed by atoms with van der Waals surface area (Å²) in [6.07, 6.45) is 6.32. The first-order valence-electron chi connectivity index (χ1n) is 5.54. The van der Waals surface area contributed by atoms with Gasteiger partial charge < -0.3 is 9.73 Å². The van der Waals surface area contributed by atoms with Gasteiger partial charge in [-0.05, 0) is 26.7 Å². The average molecular weight is 207 g/mol. The van der Waals surface area contributed by atoms with E-state index in [1.54, 1.807) is 6.26 Å². The minimum atomic E-state index is 0.0191. The highest BCUT2D eigenvalue weighted by Gasteiger charge is 2.21. The van der Waals surface area contributed by atoms with Crippen molar-refractivity contribution in [1.29, 1.82) is 0 Å². The maximum absolute atomic E-state index is 11.9. The molecule has 2 rings (SSSR count). The molecule has 1 aliphatic carbocycles. The summed E-state index contributed by atoms with van der Waals surface area (Å²) in [6, 6.07) is 0.367. The first kappa shape index (κ1) is 10.3. The normalized spacial score (nSPS) is 16.9. The van der Waals surface area contributed by atoms with E-state index in [2.05, 4.69) is 5.32 Å². The summed E-state index contributed by atoms with van der Waals surface area (Å²) in [5.74, 6) is 0.730. The molecule has 0 unspecified atom stereocenters. The lowest BCUT2D eigenvalue weighted by Gasteiger charge is -2.11. The van der Waals surface area contributed by atoms with Crippen LogP contribution in [-0.4, -0.2) is 11.9 Å². The van der Waals surface area contributed by atoms with E-state index in [1.807, 2.05) is 13.8 Å². The Hall–Kier alpha value is -1.25. The Morgan fingerprint density at radius 3 is 2.60 bits per heavy atom. The van der Waals surface area contributed by atoms with E-state index in [-0.39, 0.29) is 5.91 Å². The molecule has 1 heterocycles. The number of rotatable bonds is 2. The minimum absolute atomic E-state index is 0.0191. The van der Waals surface area contributed by atoms with Crippen LogP contribution in [-0.2, 0) is 0 Å². The molecule has 0 aliphatic heterocycles. The molecule has 15 heavy (non-hydrogen) atoms. The summed E-state index contributed by atoms with van der Waals surface area (Å²) < 4.78 is 5.22. The van der Waals surface area contributed by atoms with Gasteiger partial charge in [0.15, 0.2) is 0 Å². The SMILES string of the molecule is Cc1coc(C)c1C(=O)NC1CCCC1. The molecule has 0 aromatic carbocycles. The zero-order valence-corrected chi connectivity index (χ0v) is 9.30. The molecule has 3 heteroatoms. The number of carbonyl (C=O) groups excluding carboxylic acids is 1. The number of furan rings is 1. The van der Waals surface area contributed by atoms with Crippen molar-refractivity contribution in [3.05, 3.63) is 23.2 Å². The molecule has 0 bridgehead atoms. The van der Waals surface area contributed by atoms with Crippen LogP contribution in [0.4, 0.5) is 0 Å². The van der Waals surface area contributed by atoms with Crippen LogP contribution in [0.2, 0.25) is 0 Å². The van der Waals surface area contributed by atoms with E-state index in [0.717, 1.165) is 18.4 Å². The van der Waals surface area contributed by atoms with Crippen molar-refractivity contribution >= 4 is 5.91 Å². The lowest BCUT2D eigenvalue weighted by molar-refractivity contribution is 0.0936. The van der Waals surface area contributed by atoms with E-state index < -0.39 is 0 Å². The standard InChI is InChI=1S/C12H17NO2/c1-8-7-15-9(2)11(8)12(14)13-10-5-3-4-6-10/h7,10H,3-6H2,1-2H3,(H,13,14). The molecule has 1 amide bonds. The van der Waals surface area contributed by atoms with Gasteiger partial charge in [-0.2, -0.15) is 0 Å². The topological polar surface area (TPSA) is 42.2 Å².